The molecule has 2 heterocycles. The van der Waals surface area contributed by atoms with Gasteiger partial charge < -0.3 is 5.73 Å². The Morgan fingerprint density at radius 3 is 3.00 bits per heavy atom. The molecule has 1 aliphatic heterocycles. The van der Waals surface area contributed by atoms with Crippen molar-refractivity contribution >= 4 is 17.6 Å². The van der Waals surface area contributed by atoms with Gasteiger partial charge in [-0.2, -0.15) is 11.8 Å². The Balaban J connectivity index is 1.92. The minimum atomic E-state index is 0.491. The van der Waals surface area contributed by atoms with Crippen LogP contribution in [0.5, 0.6) is 0 Å². The first-order chi connectivity index (χ1) is 7.34. The van der Waals surface area contributed by atoms with Gasteiger partial charge in [-0.1, -0.05) is 0 Å². The fourth-order valence-corrected chi connectivity index (χ4v) is 2.56. The molecule has 1 saturated heterocycles. The van der Waals surface area contributed by atoms with Crippen LogP contribution in [0.3, 0.4) is 0 Å². The van der Waals surface area contributed by atoms with Crippen LogP contribution in [0.15, 0.2) is 12.4 Å². The van der Waals surface area contributed by atoms with Gasteiger partial charge in [-0.05, 0) is 18.7 Å². The van der Waals surface area contributed by atoms with E-state index in [4.69, 9.17) is 5.73 Å². The van der Waals surface area contributed by atoms with Crippen molar-refractivity contribution in [2.24, 2.45) is 0 Å². The molecule has 1 fully saturated rings. The quantitative estimate of drug-likeness (QED) is 0.812. The molecule has 15 heavy (non-hydrogen) atoms. The first-order valence-electron chi connectivity index (χ1n) is 5.21. The monoisotopic (exact) mass is 224 g/mol. The van der Waals surface area contributed by atoms with Crippen molar-refractivity contribution in [3.63, 3.8) is 0 Å². The van der Waals surface area contributed by atoms with Crippen molar-refractivity contribution < 1.29 is 0 Å². The molecule has 0 bridgehead atoms. The summed E-state index contributed by atoms with van der Waals surface area (Å²) >= 11 is 2.03. The predicted octanol–water partition coefficient (Wildman–Crippen LogP) is 0.998. The first kappa shape index (κ1) is 10.7. The largest absolute Gasteiger partial charge is 0.382 e. The molecular weight excluding hydrogens is 208 g/mol. The van der Waals surface area contributed by atoms with Gasteiger partial charge in [0.1, 0.15) is 5.82 Å². The molecule has 0 radical (unpaired) electrons. The highest BCUT2D eigenvalue weighted by Gasteiger charge is 2.10. The van der Waals surface area contributed by atoms with Crippen molar-refractivity contribution in [1.82, 2.24) is 14.9 Å². The van der Waals surface area contributed by atoms with Crippen molar-refractivity contribution in [3.8, 4) is 0 Å². The molecule has 0 saturated carbocycles. The molecule has 1 aliphatic rings. The Hall–Kier alpha value is -0.810. The highest BCUT2D eigenvalue weighted by molar-refractivity contribution is 7.99. The van der Waals surface area contributed by atoms with E-state index in [1.54, 1.807) is 12.4 Å². The van der Waals surface area contributed by atoms with Crippen molar-refractivity contribution in [3.05, 3.63) is 18.1 Å². The fourth-order valence-electron chi connectivity index (χ4n) is 1.63. The molecule has 1 aromatic rings. The maximum Gasteiger partial charge on any atom is 0.141 e. The zero-order valence-corrected chi connectivity index (χ0v) is 9.54. The topological polar surface area (TPSA) is 55.0 Å². The van der Waals surface area contributed by atoms with Crippen LogP contribution in [-0.4, -0.2) is 39.5 Å². The van der Waals surface area contributed by atoms with Crippen molar-refractivity contribution in [2.45, 2.75) is 13.0 Å². The lowest BCUT2D eigenvalue weighted by molar-refractivity contribution is 0.284. The summed E-state index contributed by atoms with van der Waals surface area (Å²) in [6.45, 7) is 3.21. The second-order valence-corrected chi connectivity index (χ2v) is 4.90. The molecule has 0 unspecified atom stereocenters. The molecule has 82 valence electrons. The summed E-state index contributed by atoms with van der Waals surface area (Å²) in [5.74, 6) is 3.00. The van der Waals surface area contributed by atoms with Gasteiger partial charge in [-0.15, -0.1) is 0 Å². The second kappa shape index (κ2) is 5.32. The second-order valence-electron chi connectivity index (χ2n) is 3.67. The predicted molar refractivity (Wildman–Crippen MR) is 63.7 cm³/mol. The Morgan fingerprint density at radius 1 is 1.27 bits per heavy atom. The van der Waals surface area contributed by atoms with Crippen LogP contribution in [0.4, 0.5) is 5.82 Å². The van der Waals surface area contributed by atoms with Gasteiger partial charge in [0.05, 0.1) is 18.1 Å². The van der Waals surface area contributed by atoms with E-state index in [-0.39, 0.29) is 0 Å². The van der Waals surface area contributed by atoms with E-state index < -0.39 is 0 Å². The zero-order chi connectivity index (χ0) is 10.5. The van der Waals surface area contributed by atoms with Gasteiger partial charge in [0.15, 0.2) is 0 Å². The average molecular weight is 224 g/mol. The molecule has 2 rings (SSSR count). The van der Waals surface area contributed by atoms with E-state index in [0.29, 0.717) is 5.82 Å². The molecule has 1 aromatic heterocycles. The summed E-state index contributed by atoms with van der Waals surface area (Å²) in [5.41, 5.74) is 6.50. The first-order valence-corrected chi connectivity index (χ1v) is 6.36. The number of hydrogen-bond donors (Lipinski definition) is 1. The lowest BCUT2D eigenvalue weighted by atomic mass is 10.3. The van der Waals surface area contributed by atoms with Crippen LogP contribution in [0.2, 0.25) is 0 Å². The number of nitrogen functional groups attached to an aromatic ring is 1. The summed E-state index contributed by atoms with van der Waals surface area (Å²) in [6, 6.07) is 0. The Bertz CT molecular complexity index is 293. The third-order valence-electron chi connectivity index (χ3n) is 2.43. The number of rotatable bonds is 2. The summed E-state index contributed by atoms with van der Waals surface area (Å²) in [4.78, 5) is 10.7. The number of anilines is 1. The number of nitrogens with zero attached hydrogens (tertiary/aromatic N) is 3. The summed E-state index contributed by atoms with van der Waals surface area (Å²) in [7, 11) is 0. The van der Waals surface area contributed by atoms with Gasteiger partial charge in [0.25, 0.3) is 0 Å². The number of nitrogens with two attached hydrogens (primary N) is 1. The highest BCUT2D eigenvalue weighted by Crippen LogP contribution is 2.11. The van der Waals surface area contributed by atoms with E-state index in [0.717, 1.165) is 18.8 Å². The zero-order valence-electron chi connectivity index (χ0n) is 8.72. The Labute approximate surface area is 94.3 Å². The van der Waals surface area contributed by atoms with Gasteiger partial charge >= 0.3 is 0 Å². The highest BCUT2D eigenvalue weighted by atomic mass is 32.2. The molecule has 0 aromatic carbocycles. The van der Waals surface area contributed by atoms with Crippen LogP contribution in [0, 0.1) is 0 Å². The van der Waals surface area contributed by atoms with Crippen LogP contribution in [-0.2, 0) is 6.54 Å². The van der Waals surface area contributed by atoms with Crippen molar-refractivity contribution in [2.75, 3.05) is 30.3 Å². The molecule has 0 atom stereocenters. The third-order valence-corrected chi connectivity index (χ3v) is 3.47. The summed E-state index contributed by atoms with van der Waals surface area (Å²) in [6.07, 6.45) is 4.67. The van der Waals surface area contributed by atoms with Crippen LogP contribution in [0.25, 0.3) is 0 Å². The van der Waals surface area contributed by atoms with Crippen LogP contribution in [0.1, 0.15) is 12.1 Å². The standard InChI is InChI=1S/C10H16N4S/c11-10-7-12-9(6-13-10)8-14-2-1-4-15-5-3-14/h6-7H,1-5,8H2,(H2,11,13). The molecule has 0 spiro atoms. The van der Waals surface area contributed by atoms with E-state index in [9.17, 15) is 0 Å². The molecule has 0 amide bonds. The maximum absolute atomic E-state index is 5.49. The van der Waals surface area contributed by atoms with Gasteiger partial charge in [0.2, 0.25) is 0 Å². The maximum atomic E-state index is 5.49. The molecular formula is C10H16N4S. The molecule has 2 N–H and O–H groups in total. The minimum Gasteiger partial charge on any atom is -0.382 e. The SMILES string of the molecule is Nc1cnc(CN2CCCSCC2)cn1. The van der Waals surface area contributed by atoms with Gasteiger partial charge in [-0.25, -0.2) is 4.98 Å². The van der Waals surface area contributed by atoms with E-state index in [2.05, 4.69) is 14.9 Å². The van der Waals surface area contributed by atoms with Gasteiger partial charge in [0, 0.05) is 18.8 Å². The number of thioether (sulfide) groups is 1. The lowest BCUT2D eigenvalue weighted by Gasteiger charge is -2.18. The van der Waals surface area contributed by atoms with Crippen LogP contribution >= 0.6 is 11.8 Å². The van der Waals surface area contributed by atoms with E-state index in [1.807, 2.05) is 11.8 Å². The smallest absolute Gasteiger partial charge is 0.141 e. The third kappa shape index (κ3) is 3.35. The van der Waals surface area contributed by atoms with Gasteiger partial charge in [-0.3, -0.25) is 9.88 Å². The Kier molecular flexibility index (Phi) is 3.80. The summed E-state index contributed by atoms with van der Waals surface area (Å²) < 4.78 is 0. The summed E-state index contributed by atoms with van der Waals surface area (Å²) in [5, 5.41) is 0. The molecule has 5 heteroatoms. The number of aromatic nitrogens is 2. The minimum absolute atomic E-state index is 0.491. The Morgan fingerprint density at radius 2 is 2.20 bits per heavy atom. The number of hydrogen-bond acceptors (Lipinski definition) is 5. The molecule has 0 aliphatic carbocycles. The van der Waals surface area contributed by atoms with Crippen LogP contribution < -0.4 is 5.73 Å². The fraction of sp³-hybridized carbons (Fsp3) is 0.600. The average Bonchev–Trinajstić information content (AvgIpc) is 2.50. The lowest BCUT2D eigenvalue weighted by Crippen LogP contribution is -2.26. The van der Waals surface area contributed by atoms with E-state index in [1.165, 1.54) is 24.5 Å². The normalized spacial score (nSPS) is 18.7. The van der Waals surface area contributed by atoms with Crippen molar-refractivity contribution in [1.29, 1.82) is 0 Å². The molecule has 4 nitrogen and oxygen atoms in total. The van der Waals surface area contributed by atoms with E-state index >= 15 is 0 Å².